The number of aliphatic hydroxyl groups excluding tert-OH is 2. The van der Waals surface area contributed by atoms with Crippen LogP contribution in [0.2, 0.25) is 0 Å². The number of aromatic amines is 1. The van der Waals surface area contributed by atoms with Crippen molar-refractivity contribution < 1.29 is 29.6 Å². The van der Waals surface area contributed by atoms with E-state index < -0.39 is 12.0 Å². The number of aromatic nitrogens is 1. The second kappa shape index (κ2) is 12.0. The summed E-state index contributed by atoms with van der Waals surface area (Å²) >= 11 is 0. The topological polar surface area (TPSA) is 147 Å². The maximum absolute atomic E-state index is 12.4. The van der Waals surface area contributed by atoms with Crippen LogP contribution in [0.5, 0.6) is 5.88 Å². The molecule has 5 N–H and O–H groups in total. The smallest absolute Gasteiger partial charge is 0.337 e. The van der Waals surface area contributed by atoms with Crippen LogP contribution in [0.15, 0.2) is 77.8 Å². The fraction of sp³-hybridized carbons (Fsp3) is 0.179. The lowest BCUT2D eigenvalue weighted by Crippen LogP contribution is -2.38. The number of nitrogens with zero attached hydrogens (tertiary/aromatic N) is 2. The zero-order valence-electron chi connectivity index (χ0n) is 20.7. The third-order valence-electron chi connectivity index (χ3n) is 5.87. The molecule has 1 aromatic heterocycles. The summed E-state index contributed by atoms with van der Waals surface area (Å²) < 4.78 is 4.80. The SMILES string of the molecule is COC(=O)c1ccc2c(C(=Nc3ccc(NC(=O)N(CCO)CCO)cc3)c3ccccc3)c(O)[nH]c2c1. The van der Waals surface area contributed by atoms with E-state index in [1.54, 1.807) is 42.5 Å². The van der Waals surface area contributed by atoms with Crippen molar-refractivity contribution in [3.8, 4) is 5.88 Å². The van der Waals surface area contributed by atoms with Crippen LogP contribution in [0.4, 0.5) is 16.2 Å². The van der Waals surface area contributed by atoms with E-state index in [0.717, 1.165) is 5.56 Å². The molecule has 4 aromatic rings. The lowest BCUT2D eigenvalue weighted by atomic mass is 10.00. The second-order valence-electron chi connectivity index (χ2n) is 8.34. The number of ether oxygens (including phenoxy) is 1. The highest BCUT2D eigenvalue weighted by Gasteiger charge is 2.20. The van der Waals surface area contributed by atoms with Crippen molar-refractivity contribution in [2.75, 3.05) is 38.7 Å². The van der Waals surface area contributed by atoms with E-state index in [2.05, 4.69) is 10.3 Å². The molecular formula is C28H28N4O6. The minimum atomic E-state index is -0.484. The second-order valence-corrected chi connectivity index (χ2v) is 8.34. The number of esters is 1. The van der Waals surface area contributed by atoms with E-state index in [1.807, 2.05) is 30.3 Å². The van der Waals surface area contributed by atoms with Gasteiger partial charge < -0.3 is 35.3 Å². The molecule has 196 valence electrons. The van der Waals surface area contributed by atoms with E-state index >= 15 is 0 Å². The molecule has 0 radical (unpaired) electrons. The van der Waals surface area contributed by atoms with Gasteiger partial charge in [0, 0.05) is 35.2 Å². The van der Waals surface area contributed by atoms with Crippen LogP contribution < -0.4 is 5.32 Å². The standard InChI is InChI=1S/C28H28N4O6/c1-38-27(36)19-7-12-22-23(17-19)31-26(35)24(22)25(18-5-3-2-4-6-18)29-20-8-10-21(11-9-20)30-28(37)32(13-15-33)14-16-34/h2-12,17,31,33-35H,13-16H2,1H3,(H,30,37). The summed E-state index contributed by atoms with van der Waals surface area (Å²) in [6.45, 7) is -0.225. The molecule has 2 amide bonds. The number of hydrogen-bond acceptors (Lipinski definition) is 7. The Bertz CT molecular complexity index is 1440. The largest absolute Gasteiger partial charge is 0.494 e. The molecule has 0 unspecified atom stereocenters. The molecule has 0 saturated heterocycles. The van der Waals surface area contributed by atoms with Gasteiger partial charge in [-0.3, -0.25) is 0 Å². The molecule has 0 spiro atoms. The van der Waals surface area contributed by atoms with E-state index in [-0.39, 0.29) is 32.2 Å². The number of anilines is 1. The lowest BCUT2D eigenvalue weighted by Gasteiger charge is -2.21. The number of H-pyrrole nitrogens is 1. The van der Waals surface area contributed by atoms with Crippen LogP contribution in [0, 0.1) is 0 Å². The number of aliphatic imine (C=N–C) groups is 1. The molecule has 10 nitrogen and oxygen atoms in total. The fourth-order valence-corrected chi connectivity index (χ4v) is 4.04. The number of urea groups is 1. The number of carbonyl (C=O) groups is 2. The maximum Gasteiger partial charge on any atom is 0.337 e. The molecule has 0 aliphatic rings. The van der Waals surface area contributed by atoms with Crippen molar-refractivity contribution in [1.82, 2.24) is 9.88 Å². The highest BCUT2D eigenvalue weighted by Crippen LogP contribution is 2.32. The van der Waals surface area contributed by atoms with Crippen LogP contribution in [0.1, 0.15) is 21.5 Å². The molecular weight excluding hydrogens is 488 g/mol. The van der Waals surface area contributed by atoms with Crippen molar-refractivity contribution in [2.24, 2.45) is 4.99 Å². The summed E-state index contributed by atoms with van der Waals surface area (Å²) in [6.07, 6.45) is 0. The van der Waals surface area contributed by atoms with Crippen LogP contribution in [0.25, 0.3) is 10.9 Å². The molecule has 4 rings (SSSR count). The lowest BCUT2D eigenvalue weighted by molar-refractivity contribution is 0.0601. The third kappa shape index (κ3) is 5.83. The van der Waals surface area contributed by atoms with Gasteiger partial charge in [-0.15, -0.1) is 0 Å². The van der Waals surface area contributed by atoms with Gasteiger partial charge in [0.25, 0.3) is 0 Å². The summed E-state index contributed by atoms with van der Waals surface area (Å²) in [5.74, 6) is -0.580. The van der Waals surface area contributed by atoms with Gasteiger partial charge in [-0.05, 0) is 36.4 Å². The average molecular weight is 517 g/mol. The first kappa shape index (κ1) is 26.4. The Hall–Kier alpha value is -4.67. The number of amides is 2. The molecule has 38 heavy (non-hydrogen) atoms. The van der Waals surface area contributed by atoms with Crippen molar-refractivity contribution in [3.63, 3.8) is 0 Å². The Labute approximate surface area is 218 Å². The first-order chi connectivity index (χ1) is 18.4. The highest BCUT2D eigenvalue weighted by molar-refractivity contribution is 6.22. The summed E-state index contributed by atoms with van der Waals surface area (Å²) in [5, 5.41) is 32.6. The summed E-state index contributed by atoms with van der Waals surface area (Å²) in [6, 6.07) is 20.7. The Morgan fingerprint density at radius 1 is 0.947 bits per heavy atom. The van der Waals surface area contributed by atoms with E-state index in [0.29, 0.717) is 39.1 Å². The van der Waals surface area contributed by atoms with Gasteiger partial charge in [-0.1, -0.05) is 36.4 Å². The quantitative estimate of drug-likeness (QED) is 0.169. The number of aliphatic hydroxyl groups is 2. The van der Waals surface area contributed by atoms with Crippen molar-refractivity contribution >= 4 is 40.0 Å². The zero-order chi connectivity index (χ0) is 27.1. The van der Waals surface area contributed by atoms with Gasteiger partial charge in [-0.25, -0.2) is 14.6 Å². The molecule has 0 saturated carbocycles. The highest BCUT2D eigenvalue weighted by atomic mass is 16.5. The van der Waals surface area contributed by atoms with Crippen molar-refractivity contribution in [1.29, 1.82) is 0 Å². The van der Waals surface area contributed by atoms with Crippen molar-refractivity contribution in [2.45, 2.75) is 0 Å². The number of carbonyl (C=O) groups excluding carboxylic acids is 2. The van der Waals surface area contributed by atoms with Gasteiger partial charge in [0.05, 0.1) is 42.8 Å². The van der Waals surface area contributed by atoms with Gasteiger partial charge in [0.1, 0.15) is 0 Å². The monoisotopic (exact) mass is 516 g/mol. The van der Waals surface area contributed by atoms with Gasteiger partial charge in [-0.2, -0.15) is 0 Å². The third-order valence-corrected chi connectivity index (χ3v) is 5.87. The normalized spacial score (nSPS) is 11.4. The molecule has 0 atom stereocenters. The Kier molecular flexibility index (Phi) is 8.37. The Morgan fingerprint density at radius 3 is 2.26 bits per heavy atom. The minimum Gasteiger partial charge on any atom is -0.494 e. The van der Waals surface area contributed by atoms with Gasteiger partial charge in [0.15, 0.2) is 5.88 Å². The number of nitrogens with one attached hydrogen (secondary N) is 2. The number of rotatable bonds is 9. The van der Waals surface area contributed by atoms with E-state index in [9.17, 15) is 14.7 Å². The number of aromatic hydroxyl groups is 1. The summed E-state index contributed by atoms with van der Waals surface area (Å²) in [4.78, 5) is 33.5. The predicted molar refractivity (Wildman–Crippen MR) is 144 cm³/mol. The van der Waals surface area contributed by atoms with Gasteiger partial charge >= 0.3 is 12.0 Å². The Balaban J connectivity index is 1.70. The first-order valence-electron chi connectivity index (χ1n) is 11.9. The summed E-state index contributed by atoms with van der Waals surface area (Å²) in [7, 11) is 1.31. The molecule has 0 aliphatic carbocycles. The zero-order valence-corrected chi connectivity index (χ0v) is 20.7. The van der Waals surface area contributed by atoms with Crippen LogP contribution in [-0.4, -0.2) is 76.3 Å². The number of fused-ring (bicyclic) bond motifs is 1. The van der Waals surface area contributed by atoms with Gasteiger partial charge in [0.2, 0.25) is 0 Å². The van der Waals surface area contributed by atoms with Crippen LogP contribution >= 0.6 is 0 Å². The predicted octanol–water partition coefficient (Wildman–Crippen LogP) is 3.65. The number of hydrogen-bond donors (Lipinski definition) is 5. The molecule has 0 bridgehead atoms. The molecule has 10 heteroatoms. The molecule has 1 heterocycles. The molecule has 3 aromatic carbocycles. The Morgan fingerprint density at radius 2 is 1.63 bits per heavy atom. The minimum absolute atomic E-state index is 0.0960. The maximum atomic E-state index is 12.4. The number of benzene rings is 3. The van der Waals surface area contributed by atoms with Crippen LogP contribution in [-0.2, 0) is 4.74 Å². The van der Waals surface area contributed by atoms with E-state index in [4.69, 9.17) is 19.9 Å². The summed E-state index contributed by atoms with van der Waals surface area (Å²) in [5.41, 5.74) is 3.74. The fourth-order valence-electron chi connectivity index (χ4n) is 4.04. The number of methoxy groups -OCH3 is 1. The van der Waals surface area contributed by atoms with E-state index in [1.165, 1.54) is 12.0 Å². The molecule has 0 aliphatic heterocycles. The first-order valence-corrected chi connectivity index (χ1v) is 11.9. The molecule has 0 fully saturated rings. The average Bonchev–Trinajstić information content (AvgIpc) is 3.27. The van der Waals surface area contributed by atoms with Crippen LogP contribution in [0.3, 0.4) is 0 Å². The van der Waals surface area contributed by atoms with Crippen molar-refractivity contribution in [3.05, 3.63) is 89.5 Å².